The Morgan fingerprint density at radius 1 is 1.20 bits per heavy atom. The normalized spacial score (nSPS) is 23.6. The standard InChI is InChI=1S/C22H34BFN2O4/c1-14-11-16(24)17(12-15(14)23-29-21(5,6)22(7,8)30-23)25-19(27)26-9-10-28-18(13-26)20(2,3)4/h11-12,18H,9-10,13H2,1-8H3,(H,25,27). The van der Waals surface area contributed by atoms with Crippen molar-refractivity contribution in [3.63, 3.8) is 0 Å². The maximum absolute atomic E-state index is 14.7. The first-order chi connectivity index (χ1) is 13.7. The maximum atomic E-state index is 14.7. The van der Waals surface area contributed by atoms with Crippen molar-refractivity contribution in [1.82, 2.24) is 4.90 Å². The molecule has 1 atom stereocenters. The van der Waals surface area contributed by atoms with Gasteiger partial charge < -0.3 is 24.3 Å². The van der Waals surface area contributed by atoms with E-state index in [0.29, 0.717) is 30.7 Å². The number of amides is 2. The van der Waals surface area contributed by atoms with Gasteiger partial charge in [-0.3, -0.25) is 0 Å². The predicted octanol–water partition coefficient (Wildman–Crippen LogP) is 3.71. The van der Waals surface area contributed by atoms with Gasteiger partial charge in [0.2, 0.25) is 0 Å². The van der Waals surface area contributed by atoms with Crippen molar-refractivity contribution < 1.29 is 23.2 Å². The van der Waals surface area contributed by atoms with E-state index in [0.717, 1.165) is 0 Å². The van der Waals surface area contributed by atoms with Gasteiger partial charge in [0.05, 0.1) is 29.6 Å². The Morgan fingerprint density at radius 3 is 2.37 bits per heavy atom. The van der Waals surface area contributed by atoms with Crippen LogP contribution in [0.3, 0.4) is 0 Å². The fraction of sp³-hybridized carbons (Fsp3) is 0.682. The Labute approximate surface area is 179 Å². The molecule has 1 unspecified atom stereocenters. The fourth-order valence-corrected chi connectivity index (χ4v) is 3.56. The SMILES string of the molecule is Cc1cc(F)c(NC(=O)N2CCOC(C(C)(C)C)C2)cc1B1OC(C)(C)C(C)(C)O1. The summed E-state index contributed by atoms with van der Waals surface area (Å²) in [4.78, 5) is 14.5. The topological polar surface area (TPSA) is 60.0 Å². The number of morpholine rings is 1. The summed E-state index contributed by atoms with van der Waals surface area (Å²) in [7, 11) is -0.625. The third-order valence-electron chi connectivity index (χ3n) is 6.42. The second-order valence-electron chi connectivity index (χ2n) is 10.4. The Kier molecular flexibility index (Phi) is 5.99. The quantitative estimate of drug-likeness (QED) is 0.742. The van der Waals surface area contributed by atoms with Crippen LogP contribution in [0.1, 0.15) is 54.0 Å². The Morgan fingerprint density at radius 2 is 1.80 bits per heavy atom. The van der Waals surface area contributed by atoms with Crippen LogP contribution in [-0.4, -0.2) is 55.1 Å². The zero-order valence-corrected chi connectivity index (χ0v) is 19.4. The van der Waals surface area contributed by atoms with E-state index in [9.17, 15) is 9.18 Å². The van der Waals surface area contributed by atoms with Gasteiger partial charge in [-0.2, -0.15) is 0 Å². The smallest absolute Gasteiger partial charge is 0.399 e. The lowest BCUT2D eigenvalue weighted by atomic mass is 9.76. The van der Waals surface area contributed by atoms with Gasteiger partial charge >= 0.3 is 13.1 Å². The number of rotatable bonds is 2. The molecule has 6 nitrogen and oxygen atoms in total. The number of hydrogen-bond acceptors (Lipinski definition) is 4. The highest BCUT2D eigenvalue weighted by atomic mass is 19.1. The van der Waals surface area contributed by atoms with Crippen LogP contribution in [0, 0.1) is 18.2 Å². The zero-order chi connectivity index (χ0) is 22.5. The van der Waals surface area contributed by atoms with Crippen molar-refractivity contribution in [3.8, 4) is 0 Å². The third kappa shape index (κ3) is 4.50. The zero-order valence-electron chi connectivity index (χ0n) is 19.4. The second kappa shape index (κ2) is 7.81. The molecule has 166 valence electrons. The molecule has 2 heterocycles. The van der Waals surface area contributed by atoms with E-state index in [4.69, 9.17) is 14.0 Å². The Hall–Kier alpha value is -1.64. The van der Waals surface area contributed by atoms with Gasteiger partial charge in [0.15, 0.2) is 0 Å². The lowest BCUT2D eigenvalue weighted by molar-refractivity contribution is -0.0664. The van der Waals surface area contributed by atoms with E-state index < -0.39 is 24.1 Å². The average molecular weight is 420 g/mol. The van der Waals surface area contributed by atoms with Crippen molar-refractivity contribution in [2.75, 3.05) is 25.0 Å². The molecule has 1 N–H and O–H groups in total. The van der Waals surface area contributed by atoms with Crippen molar-refractivity contribution in [3.05, 3.63) is 23.5 Å². The minimum atomic E-state index is -0.625. The van der Waals surface area contributed by atoms with Gasteiger partial charge in [-0.05, 0) is 63.2 Å². The molecular formula is C22H34BFN2O4. The molecule has 2 aliphatic rings. The maximum Gasteiger partial charge on any atom is 0.495 e. The number of carbonyl (C=O) groups excluding carboxylic acids is 1. The van der Waals surface area contributed by atoms with Crippen LogP contribution in [-0.2, 0) is 14.0 Å². The minimum Gasteiger partial charge on any atom is -0.399 e. The highest BCUT2D eigenvalue weighted by molar-refractivity contribution is 6.62. The van der Waals surface area contributed by atoms with Crippen LogP contribution in [0.25, 0.3) is 0 Å². The first-order valence-electron chi connectivity index (χ1n) is 10.5. The number of carbonyl (C=O) groups is 1. The summed E-state index contributed by atoms with van der Waals surface area (Å²) in [6, 6.07) is 2.69. The van der Waals surface area contributed by atoms with Crippen LogP contribution >= 0.6 is 0 Å². The first kappa shape index (κ1) is 23.0. The summed E-state index contributed by atoms with van der Waals surface area (Å²) in [6.07, 6.45) is -0.0693. The molecule has 1 aromatic carbocycles. The molecule has 2 fully saturated rings. The highest BCUT2D eigenvalue weighted by Crippen LogP contribution is 2.37. The molecule has 0 aromatic heterocycles. The number of ether oxygens (including phenoxy) is 1. The van der Waals surface area contributed by atoms with Gasteiger partial charge in [0.1, 0.15) is 5.82 Å². The fourth-order valence-electron chi connectivity index (χ4n) is 3.56. The van der Waals surface area contributed by atoms with Gasteiger partial charge in [0.25, 0.3) is 0 Å². The third-order valence-corrected chi connectivity index (χ3v) is 6.42. The average Bonchev–Trinajstić information content (AvgIpc) is 2.84. The van der Waals surface area contributed by atoms with Crippen molar-refractivity contribution >= 4 is 24.3 Å². The van der Waals surface area contributed by atoms with E-state index in [1.807, 2.05) is 34.6 Å². The van der Waals surface area contributed by atoms with Crippen LogP contribution in [0.15, 0.2) is 12.1 Å². The molecule has 2 amide bonds. The first-order valence-corrected chi connectivity index (χ1v) is 10.5. The lowest BCUT2D eigenvalue weighted by Gasteiger charge is -2.39. The van der Waals surface area contributed by atoms with Gasteiger partial charge in [-0.1, -0.05) is 20.8 Å². The number of urea groups is 1. The van der Waals surface area contributed by atoms with E-state index in [2.05, 4.69) is 26.1 Å². The number of nitrogens with zero attached hydrogens (tertiary/aromatic N) is 1. The highest BCUT2D eigenvalue weighted by Gasteiger charge is 2.52. The van der Waals surface area contributed by atoms with E-state index >= 15 is 0 Å². The largest absolute Gasteiger partial charge is 0.495 e. The number of aryl methyl sites for hydroxylation is 1. The number of nitrogens with one attached hydrogen (secondary N) is 1. The monoisotopic (exact) mass is 420 g/mol. The van der Waals surface area contributed by atoms with Crippen LogP contribution in [0.5, 0.6) is 0 Å². The van der Waals surface area contributed by atoms with Crippen molar-refractivity contribution in [2.45, 2.75) is 72.7 Å². The van der Waals surface area contributed by atoms with Crippen LogP contribution in [0.4, 0.5) is 14.9 Å². The molecule has 1 aromatic rings. The minimum absolute atomic E-state index is 0.0693. The van der Waals surface area contributed by atoms with E-state index in [1.165, 1.54) is 6.07 Å². The summed E-state index contributed by atoms with van der Waals surface area (Å²) in [5.41, 5.74) is 0.449. The Balaban J connectivity index is 1.79. The summed E-state index contributed by atoms with van der Waals surface area (Å²) in [5, 5.41) is 2.73. The van der Waals surface area contributed by atoms with Gasteiger partial charge in [-0.15, -0.1) is 0 Å². The molecule has 8 heteroatoms. The van der Waals surface area contributed by atoms with E-state index in [-0.39, 0.29) is 23.2 Å². The van der Waals surface area contributed by atoms with E-state index in [1.54, 1.807) is 11.0 Å². The molecule has 2 saturated heterocycles. The number of hydrogen-bond donors (Lipinski definition) is 1. The predicted molar refractivity (Wildman–Crippen MR) is 117 cm³/mol. The molecule has 30 heavy (non-hydrogen) atoms. The van der Waals surface area contributed by atoms with Crippen molar-refractivity contribution in [1.29, 1.82) is 0 Å². The number of halogens is 1. The van der Waals surface area contributed by atoms with Crippen molar-refractivity contribution in [2.24, 2.45) is 5.41 Å². The molecular weight excluding hydrogens is 386 g/mol. The molecule has 3 rings (SSSR count). The summed E-state index contributed by atoms with van der Waals surface area (Å²) >= 11 is 0. The van der Waals surface area contributed by atoms with Gasteiger partial charge in [0, 0.05) is 13.1 Å². The summed E-state index contributed by atoms with van der Waals surface area (Å²) < 4.78 is 32.7. The lowest BCUT2D eigenvalue weighted by Crippen LogP contribution is -2.51. The molecule has 0 saturated carbocycles. The Bertz CT molecular complexity index is 806. The van der Waals surface area contributed by atoms with Crippen LogP contribution in [0.2, 0.25) is 0 Å². The number of anilines is 1. The van der Waals surface area contributed by atoms with Crippen LogP contribution < -0.4 is 10.8 Å². The molecule has 0 bridgehead atoms. The molecule has 2 aliphatic heterocycles. The number of benzene rings is 1. The summed E-state index contributed by atoms with van der Waals surface area (Å²) in [5.74, 6) is -0.484. The molecule has 0 aliphatic carbocycles. The van der Waals surface area contributed by atoms with Gasteiger partial charge in [-0.25, -0.2) is 9.18 Å². The summed E-state index contributed by atoms with van der Waals surface area (Å²) in [6.45, 7) is 17.3. The second-order valence-corrected chi connectivity index (χ2v) is 10.4. The molecule has 0 radical (unpaired) electrons. The molecule has 0 spiro atoms.